The molecule has 3 aromatic rings. The van der Waals surface area contributed by atoms with Crippen molar-refractivity contribution >= 4 is 33.4 Å². The number of morpholine rings is 1. The second-order valence-electron chi connectivity index (χ2n) is 9.59. The standard InChI is InChI=1S/C27H36N6O4S2/c1-5-24(31(3)4)25-29-30-27(33(25)19-21-9-7-6-8-10-21)38-20(2)26(34)28-22-11-13-23(14-12-22)39(35,36)32-15-17-37-18-16-32/h6-14,20,24H,5,15-19H2,1-4H3,(H,28,34)/t20-,24-/m1/s1. The van der Waals surface area contributed by atoms with Gasteiger partial charge in [-0.25, -0.2) is 8.42 Å². The fourth-order valence-electron chi connectivity index (χ4n) is 4.43. The van der Waals surface area contributed by atoms with Crippen LogP contribution in [0.3, 0.4) is 0 Å². The predicted molar refractivity (Wildman–Crippen MR) is 152 cm³/mol. The molecule has 1 amide bonds. The number of amides is 1. The quantitative estimate of drug-likeness (QED) is 0.348. The predicted octanol–water partition coefficient (Wildman–Crippen LogP) is 3.48. The van der Waals surface area contributed by atoms with Crippen molar-refractivity contribution in [2.75, 3.05) is 45.7 Å². The molecule has 2 heterocycles. The summed E-state index contributed by atoms with van der Waals surface area (Å²) in [4.78, 5) is 15.4. The first-order chi connectivity index (χ1) is 18.7. The maximum atomic E-state index is 13.1. The molecule has 1 saturated heterocycles. The molecule has 12 heteroatoms. The van der Waals surface area contributed by atoms with Gasteiger partial charge < -0.3 is 14.6 Å². The Bertz CT molecular complexity index is 1340. The smallest absolute Gasteiger partial charge is 0.243 e. The van der Waals surface area contributed by atoms with Crippen LogP contribution in [0.1, 0.15) is 37.7 Å². The molecule has 1 aromatic heterocycles. The average Bonchev–Trinajstić information content (AvgIpc) is 3.31. The van der Waals surface area contributed by atoms with E-state index in [-0.39, 0.29) is 16.8 Å². The van der Waals surface area contributed by atoms with Gasteiger partial charge in [0.15, 0.2) is 11.0 Å². The van der Waals surface area contributed by atoms with Gasteiger partial charge in [-0.2, -0.15) is 4.31 Å². The number of aromatic nitrogens is 3. The first-order valence-electron chi connectivity index (χ1n) is 13.0. The Morgan fingerprint density at radius 2 is 1.74 bits per heavy atom. The third-order valence-electron chi connectivity index (χ3n) is 6.62. The topological polar surface area (TPSA) is 110 Å². The first-order valence-corrected chi connectivity index (χ1v) is 15.3. The van der Waals surface area contributed by atoms with Crippen molar-refractivity contribution < 1.29 is 17.9 Å². The van der Waals surface area contributed by atoms with E-state index in [0.717, 1.165) is 17.8 Å². The summed E-state index contributed by atoms with van der Waals surface area (Å²) in [6.45, 7) is 5.98. The highest BCUT2D eigenvalue weighted by Gasteiger charge is 2.27. The van der Waals surface area contributed by atoms with Crippen molar-refractivity contribution in [2.24, 2.45) is 0 Å². The molecule has 1 fully saturated rings. The summed E-state index contributed by atoms with van der Waals surface area (Å²) in [5.41, 5.74) is 1.65. The minimum Gasteiger partial charge on any atom is -0.379 e. The summed E-state index contributed by atoms with van der Waals surface area (Å²) in [5.74, 6) is 0.651. The van der Waals surface area contributed by atoms with Crippen LogP contribution < -0.4 is 5.32 Å². The van der Waals surface area contributed by atoms with Crippen LogP contribution in [0.25, 0.3) is 0 Å². The third kappa shape index (κ3) is 7.06. The van der Waals surface area contributed by atoms with Gasteiger partial charge in [-0.15, -0.1) is 10.2 Å². The molecule has 0 aliphatic carbocycles. The molecule has 0 bridgehead atoms. The largest absolute Gasteiger partial charge is 0.379 e. The van der Waals surface area contributed by atoms with Crippen molar-refractivity contribution in [3.63, 3.8) is 0 Å². The van der Waals surface area contributed by atoms with Gasteiger partial charge in [0, 0.05) is 18.8 Å². The van der Waals surface area contributed by atoms with E-state index in [9.17, 15) is 13.2 Å². The summed E-state index contributed by atoms with van der Waals surface area (Å²) < 4.78 is 34.5. The Hall–Kier alpha value is -2.77. The first kappa shape index (κ1) is 29.2. The fourth-order valence-corrected chi connectivity index (χ4v) is 6.69. The van der Waals surface area contributed by atoms with Crippen LogP contribution >= 0.6 is 11.8 Å². The lowest BCUT2D eigenvalue weighted by atomic mass is 10.2. The number of hydrogen-bond donors (Lipinski definition) is 1. The molecular formula is C27H36N6O4S2. The zero-order valence-corrected chi connectivity index (χ0v) is 24.4. The number of nitrogens with zero attached hydrogens (tertiary/aromatic N) is 5. The van der Waals surface area contributed by atoms with E-state index in [1.165, 1.54) is 28.2 Å². The van der Waals surface area contributed by atoms with Crippen LogP contribution in [0.5, 0.6) is 0 Å². The fraction of sp³-hybridized carbons (Fsp3) is 0.444. The van der Waals surface area contributed by atoms with Crippen LogP contribution in [0.4, 0.5) is 5.69 Å². The molecule has 2 atom stereocenters. The summed E-state index contributed by atoms with van der Waals surface area (Å²) in [7, 11) is 0.455. The maximum Gasteiger partial charge on any atom is 0.243 e. The summed E-state index contributed by atoms with van der Waals surface area (Å²) in [6.07, 6.45) is 0.873. The highest BCUT2D eigenvalue weighted by molar-refractivity contribution is 8.00. The van der Waals surface area contributed by atoms with Gasteiger partial charge in [0.2, 0.25) is 15.9 Å². The molecule has 0 saturated carbocycles. The number of carbonyl (C=O) groups excluding carboxylic acids is 1. The van der Waals surface area contributed by atoms with E-state index >= 15 is 0 Å². The number of nitrogens with one attached hydrogen (secondary N) is 1. The van der Waals surface area contributed by atoms with Crippen molar-refractivity contribution in [3.05, 3.63) is 66.0 Å². The molecule has 2 aromatic carbocycles. The van der Waals surface area contributed by atoms with Crippen LogP contribution in [0.15, 0.2) is 64.6 Å². The number of anilines is 1. The lowest BCUT2D eigenvalue weighted by Crippen LogP contribution is -2.40. The van der Waals surface area contributed by atoms with Crippen LogP contribution in [0, 0.1) is 0 Å². The minimum absolute atomic E-state index is 0.0898. The third-order valence-corrected chi connectivity index (χ3v) is 9.61. The average molecular weight is 573 g/mol. The lowest BCUT2D eigenvalue weighted by molar-refractivity contribution is -0.115. The molecule has 10 nitrogen and oxygen atoms in total. The van der Waals surface area contributed by atoms with E-state index in [0.29, 0.717) is 43.7 Å². The Kier molecular flexibility index (Phi) is 9.78. The maximum absolute atomic E-state index is 13.1. The van der Waals surface area contributed by atoms with Crippen molar-refractivity contribution in [2.45, 2.75) is 48.2 Å². The SMILES string of the molecule is CC[C@H](c1nnc(S[C@H](C)C(=O)Nc2ccc(S(=O)(=O)N3CCOCC3)cc2)n1Cc1ccccc1)N(C)C. The number of hydrogen-bond acceptors (Lipinski definition) is 8. The van der Waals surface area contributed by atoms with E-state index in [2.05, 4.69) is 44.0 Å². The number of thioether (sulfide) groups is 1. The number of sulfonamides is 1. The summed E-state index contributed by atoms with van der Waals surface area (Å²) in [5, 5.41) is 12.1. The number of carbonyl (C=O) groups is 1. The van der Waals surface area contributed by atoms with Gasteiger partial charge in [-0.1, -0.05) is 49.0 Å². The zero-order valence-electron chi connectivity index (χ0n) is 22.8. The van der Waals surface area contributed by atoms with Crippen LogP contribution in [-0.2, 0) is 26.1 Å². The van der Waals surface area contributed by atoms with E-state index in [1.807, 2.05) is 39.2 Å². The molecule has 0 radical (unpaired) electrons. The second-order valence-corrected chi connectivity index (χ2v) is 12.8. The molecule has 0 spiro atoms. The van der Waals surface area contributed by atoms with Crippen molar-refractivity contribution in [1.82, 2.24) is 24.0 Å². The van der Waals surface area contributed by atoms with Gasteiger partial charge in [0.1, 0.15) is 0 Å². The van der Waals surface area contributed by atoms with Crippen LogP contribution in [0.2, 0.25) is 0 Å². The lowest BCUT2D eigenvalue weighted by Gasteiger charge is -2.26. The molecule has 0 unspecified atom stereocenters. The van der Waals surface area contributed by atoms with Gasteiger partial charge in [-0.05, 0) is 57.3 Å². The molecule has 1 N–H and O–H groups in total. The number of rotatable bonds is 11. The number of ether oxygens (including phenoxy) is 1. The van der Waals surface area contributed by atoms with E-state index in [1.54, 1.807) is 12.1 Å². The Balaban J connectivity index is 1.47. The van der Waals surface area contributed by atoms with E-state index in [4.69, 9.17) is 4.74 Å². The Labute approximate surface area is 234 Å². The van der Waals surface area contributed by atoms with Crippen molar-refractivity contribution in [1.29, 1.82) is 0 Å². The van der Waals surface area contributed by atoms with Crippen LogP contribution in [-0.4, -0.2) is 83.9 Å². The summed E-state index contributed by atoms with van der Waals surface area (Å²) in [6, 6.07) is 16.5. The van der Waals surface area contributed by atoms with Gasteiger partial charge in [0.25, 0.3) is 0 Å². The highest BCUT2D eigenvalue weighted by atomic mass is 32.2. The molecule has 1 aliphatic rings. The molecule has 39 heavy (non-hydrogen) atoms. The van der Waals surface area contributed by atoms with Crippen molar-refractivity contribution in [3.8, 4) is 0 Å². The molecular weight excluding hydrogens is 536 g/mol. The molecule has 1 aliphatic heterocycles. The second kappa shape index (κ2) is 13.1. The molecule has 210 valence electrons. The Morgan fingerprint density at radius 3 is 2.36 bits per heavy atom. The van der Waals surface area contributed by atoms with E-state index < -0.39 is 15.3 Å². The highest BCUT2D eigenvalue weighted by Crippen LogP contribution is 2.29. The zero-order chi connectivity index (χ0) is 28.0. The minimum atomic E-state index is -3.59. The van der Waals surface area contributed by atoms with Gasteiger partial charge in [0.05, 0.1) is 35.9 Å². The van der Waals surface area contributed by atoms with Gasteiger partial charge in [-0.3, -0.25) is 9.69 Å². The Morgan fingerprint density at radius 1 is 1.08 bits per heavy atom. The molecule has 4 rings (SSSR count). The number of benzene rings is 2. The van der Waals surface area contributed by atoms with Gasteiger partial charge >= 0.3 is 0 Å². The summed E-state index contributed by atoms with van der Waals surface area (Å²) >= 11 is 1.35. The normalized spacial score (nSPS) is 16.2. The monoisotopic (exact) mass is 572 g/mol.